The maximum Gasteiger partial charge on any atom is 0.164 e. The van der Waals surface area contributed by atoms with E-state index >= 15 is 0 Å². The smallest absolute Gasteiger partial charge is 0.164 e. The van der Waals surface area contributed by atoms with E-state index in [2.05, 4.69) is 0 Å². The van der Waals surface area contributed by atoms with Crippen molar-refractivity contribution in [3.05, 3.63) is 0 Å². The Morgan fingerprint density at radius 2 is 2.33 bits per heavy atom. The third-order valence-electron chi connectivity index (χ3n) is 1.30. The number of carbonyl (C=O) groups is 1. The van der Waals surface area contributed by atoms with Gasteiger partial charge in [0, 0.05) is 6.42 Å². The van der Waals surface area contributed by atoms with Crippen LogP contribution in [-0.2, 0) is 9.53 Å². The standard InChI is InChI=1S/C7H12O2/c1-5(2)3-6(8)7-4-9-7/h5,7H,3-4H2,1-2H3/t7-/m1/s1. The minimum absolute atomic E-state index is 0.0348. The Morgan fingerprint density at radius 3 is 2.67 bits per heavy atom. The van der Waals surface area contributed by atoms with Crippen molar-refractivity contribution in [2.24, 2.45) is 5.92 Å². The molecule has 2 heteroatoms. The third-order valence-corrected chi connectivity index (χ3v) is 1.30. The number of epoxide rings is 1. The average molecular weight is 128 g/mol. The molecule has 0 aromatic heterocycles. The number of rotatable bonds is 3. The highest BCUT2D eigenvalue weighted by Gasteiger charge is 2.30. The molecule has 1 rings (SSSR count). The van der Waals surface area contributed by atoms with Crippen LogP contribution < -0.4 is 0 Å². The van der Waals surface area contributed by atoms with Gasteiger partial charge in [-0.2, -0.15) is 0 Å². The van der Waals surface area contributed by atoms with Gasteiger partial charge < -0.3 is 4.74 Å². The summed E-state index contributed by atoms with van der Waals surface area (Å²) >= 11 is 0. The van der Waals surface area contributed by atoms with Crippen LogP contribution in [-0.4, -0.2) is 18.5 Å². The number of hydrogen-bond acceptors (Lipinski definition) is 2. The highest BCUT2D eigenvalue weighted by molar-refractivity contribution is 5.85. The van der Waals surface area contributed by atoms with Gasteiger partial charge in [0.25, 0.3) is 0 Å². The summed E-state index contributed by atoms with van der Waals surface area (Å²) in [5.41, 5.74) is 0. The Balaban J connectivity index is 2.18. The van der Waals surface area contributed by atoms with Gasteiger partial charge in [0.05, 0.1) is 6.61 Å². The molecule has 1 saturated heterocycles. The maximum atomic E-state index is 10.9. The van der Waals surface area contributed by atoms with Crippen LogP contribution in [0.15, 0.2) is 0 Å². The molecule has 1 atom stereocenters. The van der Waals surface area contributed by atoms with Crippen LogP contribution in [0.2, 0.25) is 0 Å². The zero-order valence-electron chi connectivity index (χ0n) is 5.89. The zero-order chi connectivity index (χ0) is 6.85. The first-order valence-corrected chi connectivity index (χ1v) is 3.34. The average Bonchev–Trinajstić information content (AvgIpc) is 2.40. The monoisotopic (exact) mass is 128 g/mol. The largest absolute Gasteiger partial charge is 0.365 e. The number of ketones is 1. The molecule has 2 nitrogen and oxygen atoms in total. The van der Waals surface area contributed by atoms with Crippen LogP contribution in [0.5, 0.6) is 0 Å². The van der Waals surface area contributed by atoms with E-state index in [1.807, 2.05) is 13.8 Å². The molecule has 0 aliphatic carbocycles. The van der Waals surface area contributed by atoms with Crippen molar-refractivity contribution in [1.29, 1.82) is 0 Å². The molecule has 1 heterocycles. The maximum absolute atomic E-state index is 10.9. The molecule has 0 amide bonds. The first kappa shape index (κ1) is 6.75. The summed E-state index contributed by atoms with van der Waals surface area (Å²) in [6, 6.07) is 0. The van der Waals surface area contributed by atoms with E-state index in [9.17, 15) is 4.79 Å². The van der Waals surface area contributed by atoms with Gasteiger partial charge in [-0.1, -0.05) is 13.8 Å². The van der Waals surface area contributed by atoms with Gasteiger partial charge in [-0.15, -0.1) is 0 Å². The summed E-state index contributed by atoms with van der Waals surface area (Å²) < 4.78 is 4.82. The lowest BCUT2D eigenvalue weighted by atomic mass is 10.1. The lowest BCUT2D eigenvalue weighted by Gasteiger charge is -1.98. The second-order valence-electron chi connectivity index (χ2n) is 2.89. The van der Waals surface area contributed by atoms with Gasteiger partial charge in [-0.25, -0.2) is 0 Å². The molecule has 0 saturated carbocycles. The van der Waals surface area contributed by atoms with E-state index in [1.54, 1.807) is 0 Å². The lowest BCUT2D eigenvalue weighted by Crippen LogP contribution is -2.09. The highest BCUT2D eigenvalue weighted by atomic mass is 16.6. The predicted molar refractivity (Wildman–Crippen MR) is 34.2 cm³/mol. The first-order chi connectivity index (χ1) is 4.20. The summed E-state index contributed by atoms with van der Waals surface area (Å²) in [6.07, 6.45) is 0.636. The molecule has 52 valence electrons. The fourth-order valence-corrected chi connectivity index (χ4v) is 0.768. The number of hydrogen-bond donors (Lipinski definition) is 0. The fourth-order valence-electron chi connectivity index (χ4n) is 0.768. The van der Waals surface area contributed by atoms with Crippen LogP contribution in [0.3, 0.4) is 0 Å². The Morgan fingerprint density at radius 1 is 1.78 bits per heavy atom. The van der Waals surface area contributed by atoms with E-state index in [1.165, 1.54) is 0 Å². The fraction of sp³-hybridized carbons (Fsp3) is 0.857. The molecular weight excluding hydrogens is 116 g/mol. The molecular formula is C7H12O2. The number of Topliss-reactive ketones (excluding diaryl/α,β-unsaturated/α-hetero) is 1. The molecule has 0 radical (unpaired) electrons. The molecule has 0 unspecified atom stereocenters. The Bertz CT molecular complexity index is 114. The third kappa shape index (κ3) is 2.14. The van der Waals surface area contributed by atoms with Gasteiger partial charge in [0.1, 0.15) is 6.10 Å². The summed E-state index contributed by atoms with van der Waals surface area (Å²) in [6.45, 7) is 4.74. The van der Waals surface area contributed by atoms with Crippen LogP contribution in [0, 0.1) is 5.92 Å². The SMILES string of the molecule is CC(C)CC(=O)[C@H]1CO1. The van der Waals surface area contributed by atoms with Crippen molar-refractivity contribution < 1.29 is 9.53 Å². The molecule has 1 aliphatic heterocycles. The van der Waals surface area contributed by atoms with E-state index in [0.717, 1.165) is 0 Å². The normalized spacial score (nSPS) is 24.6. The highest BCUT2D eigenvalue weighted by Crippen LogP contribution is 2.14. The van der Waals surface area contributed by atoms with E-state index < -0.39 is 0 Å². The molecule has 0 bridgehead atoms. The van der Waals surface area contributed by atoms with Crippen LogP contribution in [0.25, 0.3) is 0 Å². The summed E-state index contributed by atoms with van der Waals surface area (Å²) in [5, 5.41) is 0. The summed E-state index contributed by atoms with van der Waals surface area (Å²) in [5.74, 6) is 0.742. The molecule has 0 aromatic rings. The molecule has 0 N–H and O–H groups in total. The van der Waals surface area contributed by atoms with Gasteiger partial charge in [-0.3, -0.25) is 4.79 Å². The van der Waals surface area contributed by atoms with Crippen molar-refractivity contribution in [2.45, 2.75) is 26.4 Å². The Hall–Kier alpha value is -0.370. The van der Waals surface area contributed by atoms with Gasteiger partial charge >= 0.3 is 0 Å². The van der Waals surface area contributed by atoms with Gasteiger partial charge in [0.2, 0.25) is 0 Å². The van der Waals surface area contributed by atoms with Crippen LogP contribution in [0.4, 0.5) is 0 Å². The van der Waals surface area contributed by atoms with E-state index in [4.69, 9.17) is 4.74 Å². The minimum atomic E-state index is -0.0348. The van der Waals surface area contributed by atoms with Crippen LogP contribution in [0.1, 0.15) is 20.3 Å². The molecule has 0 aromatic carbocycles. The number of carbonyl (C=O) groups excluding carboxylic acids is 1. The van der Waals surface area contributed by atoms with Crippen molar-refractivity contribution in [2.75, 3.05) is 6.61 Å². The predicted octanol–water partition coefficient (Wildman–Crippen LogP) is 1.00. The second-order valence-corrected chi connectivity index (χ2v) is 2.89. The Labute approximate surface area is 55.2 Å². The summed E-state index contributed by atoms with van der Waals surface area (Å²) in [4.78, 5) is 10.9. The molecule has 0 spiro atoms. The van der Waals surface area contributed by atoms with Crippen molar-refractivity contribution in [3.8, 4) is 0 Å². The van der Waals surface area contributed by atoms with Gasteiger partial charge in [-0.05, 0) is 5.92 Å². The van der Waals surface area contributed by atoms with Crippen LogP contribution >= 0.6 is 0 Å². The molecule has 9 heavy (non-hydrogen) atoms. The second kappa shape index (κ2) is 2.48. The quantitative estimate of drug-likeness (QED) is 0.531. The van der Waals surface area contributed by atoms with Gasteiger partial charge in [0.15, 0.2) is 5.78 Å². The molecule has 1 aliphatic rings. The van der Waals surface area contributed by atoms with Crippen molar-refractivity contribution in [3.63, 3.8) is 0 Å². The van der Waals surface area contributed by atoms with Crippen molar-refractivity contribution in [1.82, 2.24) is 0 Å². The number of ether oxygens (including phenoxy) is 1. The summed E-state index contributed by atoms with van der Waals surface area (Å²) in [7, 11) is 0. The van der Waals surface area contributed by atoms with E-state index in [-0.39, 0.29) is 11.9 Å². The van der Waals surface area contributed by atoms with E-state index in [0.29, 0.717) is 18.9 Å². The minimum Gasteiger partial charge on any atom is -0.365 e. The van der Waals surface area contributed by atoms with Crippen molar-refractivity contribution >= 4 is 5.78 Å². The zero-order valence-corrected chi connectivity index (χ0v) is 5.89. The lowest BCUT2D eigenvalue weighted by molar-refractivity contribution is -0.120. The topological polar surface area (TPSA) is 29.6 Å². The molecule has 1 fully saturated rings. The first-order valence-electron chi connectivity index (χ1n) is 3.34. The Kier molecular flexibility index (Phi) is 1.86.